The van der Waals surface area contributed by atoms with E-state index in [0.29, 0.717) is 15.4 Å². The molecule has 4 aromatic rings. The first-order chi connectivity index (χ1) is 14.0. The molecular weight excluding hydrogens is 402 g/mol. The number of thioether (sulfide) groups is 1. The summed E-state index contributed by atoms with van der Waals surface area (Å²) >= 11 is 2.77. The fourth-order valence-electron chi connectivity index (χ4n) is 3.03. The molecule has 2 heterocycles. The minimum Gasteiger partial charge on any atom is -0.325 e. The first-order valence-electron chi connectivity index (χ1n) is 9.10. The standard InChI is InChI=1S/C22H19N3O2S2/c1-14-15(2)29-20-19(14)21(27)25(17-11-7-4-8-12-17)22(24-20)28-13-18(26)23-16-9-5-3-6-10-16/h3-12H,13H2,1-2H3,(H,23,26). The van der Waals surface area contributed by atoms with E-state index >= 15 is 0 Å². The molecule has 0 spiro atoms. The van der Waals surface area contributed by atoms with Crippen LogP contribution in [0, 0.1) is 13.8 Å². The molecule has 0 unspecified atom stereocenters. The topological polar surface area (TPSA) is 64.0 Å². The minimum absolute atomic E-state index is 0.103. The summed E-state index contributed by atoms with van der Waals surface area (Å²) in [4.78, 5) is 32.3. The number of aromatic nitrogens is 2. The highest BCUT2D eigenvalue weighted by molar-refractivity contribution is 7.99. The van der Waals surface area contributed by atoms with E-state index < -0.39 is 0 Å². The van der Waals surface area contributed by atoms with Crippen LogP contribution in [0.5, 0.6) is 0 Å². The average molecular weight is 422 g/mol. The Hall–Kier alpha value is -2.90. The fourth-order valence-corrected chi connectivity index (χ4v) is 4.91. The van der Waals surface area contributed by atoms with E-state index in [1.54, 1.807) is 4.57 Å². The van der Waals surface area contributed by atoms with Crippen molar-refractivity contribution in [2.45, 2.75) is 19.0 Å². The molecule has 2 aromatic carbocycles. The van der Waals surface area contributed by atoms with Gasteiger partial charge in [0.2, 0.25) is 5.91 Å². The number of aryl methyl sites for hydroxylation is 2. The van der Waals surface area contributed by atoms with Crippen molar-refractivity contribution in [3.05, 3.63) is 81.5 Å². The predicted octanol–water partition coefficient (Wildman–Crippen LogP) is 4.79. The third kappa shape index (κ3) is 3.97. The Morgan fingerprint density at radius 2 is 1.72 bits per heavy atom. The van der Waals surface area contributed by atoms with Gasteiger partial charge in [-0.2, -0.15) is 0 Å². The summed E-state index contributed by atoms with van der Waals surface area (Å²) in [5, 5.41) is 4.02. The minimum atomic E-state index is -0.145. The Balaban J connectivity index is 1.71. The molecule has 29 heavy (non-hydrogen) atoms. The lowest BCUT2D eigenvalue weighted by atomic mass is 10.2. The molecule has 5 nitrogen and oxygen atoms in total. The lowest BCUT2D eigenvalue weighted by Gasteiger charge is -2.12. The maximum absolute atomic E-state index is 13.3. The van der Waals surface area contributed by atoms with Crippen LogP contribution < -0.4 is 10.9 Å². The van der Waals surface area contributed by atoms with Gasteiger partial charge in [-0.25, -0.2) is 4.98 Å². The van der Waals surface area contributed by atoms with Crippen LogP contribution in [0.3, 0.4) is 0 Å². The Morgan fingerprint density at radius 3 is 2.41 bits per heavy atom. The molecule has 7 heteroatoms. The Kier molecular flexibility index (Phi) is 5.51. The molecule has 0 saturated heterocycles. The van der Waals surface area contributed by atoms with E-state index in [-0.39, 0.29) is 17.2 Å². The van der Waals surface area contributed by atoms with Crippen LogP contribution in [0.2, 0.25) is 0 Å². The predicted molar refractivity (Wildman–Crippen MR) is 120 cm³/mol. The van der Waals surface area contributed by atoms with Crippen LogP contribution in [-0.2, 0) is 4.79 Å². The van der Waals surface area contributed by atoms with Crippen molar-refractivity contribution in [3.63, 3.8) is 0 Å². The summed E-state index contributed by atoms with van der Waals surface area (Å²) in [5.74, 6) is 0.0110. The maximum Gasteiger partial charge on any atom is 0.267 e. The number of fused-ring (bicyclic) bond motifs is 1. The van der Waals surface area contributed by atoms with Crippen LogP contribution >= 0.6 is 23.1 Å². The van der Waals surface area contributed by atoms with E-state index in [1.807, 2.05) is 74.5 Å². The third-order valence-corrected chi connectivity index (χ3v) is 6.62. The van der Waals surface area contributed by atoms with Crippen LogP contribution in [-0.4, -0.2) is 21.2 Å². The van der Waals surface area contributed by atoms with E-state index in [2.05, 4.69) is 5.32 Å². The normalized spacial score (nSPS) is 11.0. The van der Waals surface area contributed by atoms with Gasteiger partial charge in [-0.3, -0.25) is 14.2 Å². The smallest absolute Gasteiger partial charge is 0.267 e. The van der Waals surface area contributed by atoms with Crippen molar-refractivity contribution in [2.24, 2.45) is 0 Å². The van der Waals surface area contributed by atoms with Crippen molar-refractivity contribution < 1.29 is 4.79 Å². The molecule has 1 amide bonds. The highest BCUT2D eigenvalue weighted by Gasteiger charge is 2.18. The summed E-state index contributed by atoms with van der Waals surface area (Å²) in [7, 11) is 0. The molecule has 4 rings (SSSR count). The summed E-state index contributed by atoms with van der Waals surface area (Å²) in [6.07, 6.45) is 0. The Morgan fingerprint density at radius 1 is 1.07 bits per heavy atom. The molecule has 0 saturated carbocycles. The summed E-state index contributed by atoms with van der Waals surface area (Å²) in [6, 6.07) is 18.7. The lowest BCUT2D eigenvalue weighted by Crippen LogP contribution is -2.22. The zero-order valence-electron chi connectivity index (χ0n) is 16.0. The molecule has 0 radical (unpaired) electrons. The summed E-state index contributed by atoms with van der Waals surface area (Å²) in [5.41, 5.74) is 2.34. The number of para-hydroxylation sites is 2. The van der Waals surface area contributed by atoms with Crippen molar-refractivity contribution in [1.29, 1.82) is 0 Å². The summed E-state index contributed by atoms with van der Waals surface area (Å²) < 4.78 is 1.60. The molecule has 0 atom stereocenters. The maximum atomic E-state index is 13.3. The van der Waals surface area contributed by atoms with Gasteiger partial charge in [0.1, 0.15) is 4.83 Å². The van der Waals surface area contributed by atoms with Gasteiger partial charge in [-0.05, 0) is 43.7 Å². The van der Waals surface area contributed by atoms with E-state index in [0.717, 1.165) is 21.8 Å². The lowest BCUT2D eigenvalue weighted by molar-refractivity contribution is -0.113. The van der Waals surface area contributed by atoms with Crippen molar-refractivity contribution in [3.8, 4) is 5.69 Å². The number of carbonyl (C=O) groups excluding carboxylic acids is 1. The zero-order chi connectivity index (χ0) is 20.4. The first kappa shape index (κ1) is 19.4. The highest BCUT2D eigenvalue weighted by atomic mass is 32.2. The van der Waals surface area contributed by atoms with Crippen molar-refractivity contribution >= 4 is 44.9 Å². The Labute approximate surface area is 176 Å². The number of amides is 1. The number of hydrogen-bond acceptors (Lipinski definition) is 5. The second kappa shape index (κ2) is 8.23. The molecule has 0 aliphatic carbocycles. The second-order valence-electron chi connectivity index (χ2n) is 6.54. The Bertz CT molecular complexity index is 1230. The largest absolute Gasteiger partial charge is 0.325 e. The number of hydrogen-bond donors (Lipinski definition) is 1. The van der Waals surface area contributed by atoms with Crippen LogP contribution in [0.4, 0.5) is 5.69 Å². The summed E-state index contributed by atoms with van der Waals surface area (Å²) in [6.45, 7) is 3.95. The van der Waals surface area contributed by atoms with Gasteiger partial charge in [0.15, 0.2) is 5.16 Å². The second-order valence-corrected chi connectivity index (χ2v) is 8.68. The van der Waals surface area contributed by atoms with Gasteiger partial charge in [-0.1, -0.05) is 48.2 Å². The average Bonchev–Trinajstić information content (AvgIpc) is 3.01. The van der Waals surface area contributed by atoms with Gasteiger partial charge in [0.05, 0.1) is 16.8 Å². The molecule has 0 fully saturated rings. The molecule has 0 bridgehead atoms. The van der Waals surface area contributed by atoms with Gasteiger partial charge in [0.25, 0.3) is 5.56 Å². The fraction of sp³-hybridized carbons (Fsp3) is 0.136. The molecule has 0 aliphatic heterocycles. The molecule has 0 aliphatic rings. The van der Waals surface area contributed by atoms with Gasteiger partial charge in [-0.15, -0.1) is 11.3 Å². The quantitative estimate of drug-likeness (QED) is 0.372. The van der Waals surface area contributed by atoms with Crippen LogP contribution in [0.1, 0.15) is 10.4 Å². The number of benzene rings is 2. The number of anilines is 1. The first-order valence-corrected chi connectivity index (χ1v) is 10.9. The van der Waals surface area contributed by atoms with E-state index in [1.165, 1.54) is 23.1 Å². The molecule has 2 aromatic heterocycles. The van der Waals surface area contributed by atoms with E-state index in [4.69, 9.17) is 4.98 Å². The van der Waals surface area contributed by atoms with Crippen molar-refractivity contribution in [2.75, 3.05) is 11.1 Å². The number of nitrogens with zero attached hydrogens (tertiary/aromatic N) is 2. The SMILES string of the molecule is Cc1sc2nc(SCC(=O)Nc3ccccc3)n(-c3ccccc3)c(=O)c2c1C. The van der Waals surface area contributed by atoms with Crippen LogP contribution in [0.15, 0.2) is 70.6 Å². The third-order valence-electron chi connectivity index (χ3n) is 4.58. The zero-order valence-corrected chi connectivity index (χ0v) is 17.6. The molecule has 146 valence electrons. The number of carbonyl (C=O) groups is 1. The highest BCUT2D eigenvalue weighted by Crippen LogP contribution is 2.29. The number of thiophene rings is 1. The van der Waals surface area contributed by atoms with Gasteiger partial charge in [0, 0.05) is 10.6 Å². The van der Waals surface area contributed by atoms with E-state index in [9.17, 15) is 9.59 Å². The molecular formula is C22H19N3O2S2. The number of nitrogens with one attached hydrogen (secondary N) is 1. The monoisotopic (exact) mass is 421 g/mol. The van der Waals surface area contributed by atoms with Crippen molar-refractivity contribution in [1.82, 2.24) is 9.55 Å². The van der Waals surface area contributed by atoms with Gasteiger partial charge >= 0.3 is 0 Å². The van der Waals surface area contributed by atoms with Crippen LogP contribution in [0.25, 0.3) is 15.9 Å². The number of rotatable bonds is 5. The molecule has 1 N–H and O–H groups in total. The van der Waals surface area contributed by atoms with Gasteiger partial charge < -0.3 is 5.32 Å².